The first-order chi connectivity index (χ1) is 19.0. The lowest BCUT2D eigenvalue weighted by Crippen LogP contribution is -2.29. The Balaban J connectivity index is 1.95. The number of rotatable bonds is 17. The number of hydrogen-bond donors (Lipinski definition) is 8. The Morgan fingerprint density at radius 3 is 2.54 bits per heavy atom. The van der Waals surface area contributed by atoms with Crippen LogP contribution < -0.4 is 22.5 Å². The molecule has 234 valence electrons. The van der Waals surface area contributed by atoms with Crippen molar-refractivity contribution in [3.05, 3.63) is 28.3 Å². The van der Waals surface area contributed by atoms with Gasteiger partial charge in [-0.25, -0.2) is 18.5 Å². The average molecular weight is 686 g/mol. The van der Waals surface area contributed by atoms with Gasteiger partial charge in [0.25, 0.3) is 0 Å². The normalized spacial score (nSPS) is 22.4. The highest BCUT2D eigenvalue weighted by atomic mass is 33.1. The number of ether oxygens (including phenoxy) is 1. The highest BCUT2D eigenvalue weighted by Gasteiger charge is 2.43. The molecule has 24 heteroatoms. The number of hydrogen-bond acceptors (Lipinski definition) is 15. The lowest BCUT2D eigenvalue weighted by Gasteiger charge is -2.19. The fourth-order valence-corrected chi connectivity index (χ4v) is 7.96. The number of phosphoric ester groups is 1. The molecule has 0 aliphatic carbocycles. The first-order valence-corrected chi connectivity index (χ1v) is 18.4. The van der Waals surface area contributed by atoms with Gasteiger partial charge in [-0.05, 0) is 0 Å². The summed E-state index contributed by atoms with van der Waals surface area (Å²) in [7, 11) is -13.6. The maximum Gasteiger partial charge on any atom is 0.490 e. The van der Waals surface area contributed by atoms with Crippen LogP contribution >= 0.6 is 45.1 Å². The van der Waals surface area contributed by atoms with Crippen LogP contribution in [0.4, 0.5) is 5.82 Å². The number of aromatic nitrogens is 2. The molecule has 1 aromatic rings. The van der Waals surface area contributed by atoms with Gasteiger partial charge in [-0.3, -0.25) is 13.9 Å². The molecule has 2 unspecified atom stereocenters. The van der Waals surface area contributed by atoms with E-state index >= 15 is 0 Å². The standard InChI is InChI=1S/C17H30N5O14P3S2/c18-4-7-41-40-6-3-14(24)20-5-1-2-11-9-22(17(25)21-16(11)19)15-8-12(23)13(34-15)10-33-38(29,30)36-39(31,32)35-37(26,27)28/h1-2,9,12-13,15,23H,3-8,10,18H2,(H,20,24)(H,29,30)(H,31,32)(H2,19,21,25)(H2,26,27,28)/b2-1+/t12-,13+,15+/m0/s1. The van der Waals surface area contributed by atoms with Crippen LogP contribution in [-0.2, 0) is 36.4 Å². The van der Waals surface area contributed by atoms with Crippen molar-refractivity contribution in [3.63, 3.8) is 0 Å². The summed E-state index contributed by atoms with van der Waals surface area (Å²) in [5, 5.41) is 13.0. The third kappa shape index (κ3) is 13.4. The number of anilines is 1. The Labute approximate surface area is 240 Å². The largest absolute Gasteiger partial charge is 0.490 e. The monoisotopic (exact) mass is 685 g/mol. The third-order valence-electron chi connectivity index (χ3n) is 4.75. The molecule has 1 amide bonds. The van der Waals surface area contributed by atoms with Crippen molar-refractivity contribution >= 4 is 62.9 Å². The van der Waals surface area contributed by atoms with Gasteiger partial charge in [0.1, 0.15) is 18.1 Å². The van der Waals surface area contributed by atoms with Gasteiger partial charge in [-0.1, -0.05) is 33.7 Å². The van der Waals surface area contributed by atoms with Crippen LogP contribution in [0.2, 0.25) is 0 Å². The molecule has 2 rings (SSSR count). The van der Waals surface area contributed by atoms with Crippen molar-refractivity contribution in [3.8, 4) is 0 Å². The highest BCUT2D eigenvalue weighted by molar-refractivity contribution is 8.76. The maximum atomic E-state index is 12.4. The highest BCUT2D eigenvalue weighted by Crippen LogP contribution is 2.66. The molecule has 1 saturated heterocycles. The summed E-state index contributed by atoms with van der Waals surface area (Å²) in [6.07, 6.45) is 0.617. The molecule has 0 radical (unpaired) electrons. The molecule has 1 aliphatic rings. The van der Waals surface area contributed by atoms with E-state index in [-0.39, 0.29) is 30.3 Å². The maximum absolute atomic E-state index is 12.4. The van der Waals surface area contributed by atoms with E-state index in [1.807, 2.05) is 0 Å². The first-order valence-electron chi connectivity index (χ1n) is 11.4. The molecule has 1 aliphatic heterocycles. The zero-order valence-electron chi connectivity index (χ0n) is 21.0. The minimum atomic E-state index is -5.72. The van der Waals surface area contributed by atoms with Gasteiger partial charge in [0.15, 0.2) is 0 Å². The number of nitrogens with one attached hydrogen (secondary N) is 1. The van der Waals surface area contributed by atoms with E-state index in [2.05, 4.69) is 23.4 Å². The van der Waals surface area contributed by atoms with Crippen LogP contribution in [0.25, 0.3) is 6.08 Å². The van der Waals surface area contributed by atoms with E-state index in [1.54, 1.807) is 27.7 Å². The fourth-order valence-electron chi connectivity index (χ4n) is 3.09. The molecule has 0 spiro atoms. The second-order valence-corrected chi connectivity index (χ2v) is 15.1. The van der Waals surface area contributed by atoms with Crippen molar-refractivity contribution in [1.82, 2.24) is 14.9 Å². The molecule has 0 bridgehead atoms. The minimum Gasteiger partial charge on any atom is -0.390 e. The van der Waals surface area contributed by atoms with Gasteiger partial charge >= 0.3 is 29.2 Å². The van der Waals surface area contributed by atoms with Crippen molar-refractivity contribution in [2.24, 2.45) is 5.73 Å². The number of carbonyl (C=O) groups is 1. The van der Waals surface area contributed by atoms with Gasteiger partial charge < -0.3 is 46.2 Å². The fraction of sp³-hybridized carbons (Fsp3) is 0.588. The van der Waals surface area contributed by atoms with Crippen LogP contribution in [0.5, 0.6) is 0 Å². The number of carbonyl (C=O) groups excluding carboxylic acids is 1. The van der Waals surface area contributed by atoms with Gasteiger partial charge in [-0.15, -0.1) is 0 Å². The SMILES string of the molecule is NCCSSCCC(=O)NC/C=C/c1cn([C@H]2C[C@H](O)[C@@H](COP(=O)(O)OP(=O)(O)OP(=O)(O)O)O2)c(=O)nc1N. The summed E-state index contributed by atoms with van der Waals surface area (Å²) >= 11 is 0. The minimum absolute atomic E-state index is 0.120. The summed E-state index contributed by atoms with van der Waals surface area (Å²) in [4.78, 5) is 63.9. The molecule has 0 aromatic carbocycles. The molecule has 1 aromatic heterocycles. The molecular formula is C17H30N5O14P3S2. The number of nitrogen functional groups attached to an aromatic ring is 1. The molecule has 1 fully saturated rings. The van der Waals surface area contributed by atoms with Gasteiger partial charge in [0.2, 0.25) is 5.91 Å². The lowest BCUT2D eigenvalue weighted by molar-refractivity contribution is -0.120. The van der Waals surface area contributed by atoms with Crippen LogP contribution in [0.1, 0.15) is 24.6 Å². The number of amides is 1. The van der Waals surface area contributed by atoms with E-state index in [1.165, 1.54) is 12.3 Å². The van der Waals surface area contributed by atoms with E-state index in [0.717, 1.165) is 10.3 Å². The second kappa shape index (κ2) is 16.1. The van der Waals surface area contributed by atoms with E-state index in [4.69, 9.17) is 26.0 Å². The summed E-state index contributed by atoms with van der Waals surface area (Å²) in [5.74, 6) is 1.13. The van der Waals surface area contributed by atoms with Crippen molar-refractivity contribution in [1.29, 1.82) is 0 Å². The summed E-state index contributed by atoms with van der Waals surface area (Å²) < 4.78 is 52.2. The predicted octanol–water partition coefficient (Wildman–Crippen LogP) is -0.323. The zero-order valence-corrected chi connectivity index (χ0v) is 25.3. The number of nitrogens with zero attached hydrogens (tertiary/aromatic N) is 2. The Kier molecular flexibility index (Phi) is 14.2. The Morgan fingerprint density at radius 1 is 1.20 bits per heavy atom. The number of aliphatic hydroxyl groups excluding tert-OH is 1. The quantitative estimate of drug-likeness (QED) is 0.0591. The van der Waals surface area contributed by atoms with Crippen LogP contribution in [0, 0.1) is 0 Å². The molecule has 41 heavy (non-hydrogen) atoms. The molecule has 19 nitrogen and oxygen atoms in total. The van der Waals surface area contributed by atoms with E-state index in [0.29, 0.717) is 18.7 Å². The molecule has 10 N–H and O–H groups in total. The predicted molar refractivity (Wildman–Crippen MR) is 148 cm³/mol. The van der Waals surface area contributed by atoms with Crippen LogP contribution in [0.15, 0.2) is 17.1 Å². The third-order valence-corrected chi connectivity index (χ3v) is 11.0. The van der Waals surface area contributed by atoms with Crippen LogP contribution in [0.3, 0.4) is 0 Å². The number of nitrogens with two attached hydrogens (primary N) is 2. The van der Waals surface area contributed by atoms with Gasteiger partial charge in [0.05, 0.1) is 12.7 Å². The second-order valence-electron chi connectivity index (χ2n) is 7.98. The topological polar surface area (TPSA) is 305 Å². The summed E-state index contributed by atoms with van der Waals surface area (Å²) in [5.41, 5.74) is 10.6. The Morgan fingerprint density at radius 2 is 1.88 bits per heavy atom. The van der Waals surface area contributed by atoms with Crippen LogP contribution in [-0.4, -0.2) is 83.5 Å². The van der Waals surface area contributed by atoms with Crippen molar-refractivity contribution < 1.29 is 61.1 Å². The lowest BCUT2D eigenvalue weighted by atomic mass is 10.2. The van der Waals surface area contributed by atoms with E-state index < -0.39 is 54.2 Å². The van der Waals surface area contributed by atoms with E-state index in [9.17, 15) is 38.2 Å². The van der Waals surface area contributed by atoms with Gasteiger partial charge in [0, 0.05) is 49.2 Å². The summed E-state index contributed by atoms with van der Waals surface area (Å²) in [6.45, 7) is -0.183. The summed E-state index contributed by atoms with van der Waals surface area (Å²) in [6, 6.07) is 0. The average Bonchev–Trinajstić information content (AvgIpc) is 3.19. The molecular weight excluding hydrogens is 655 g/mol. The van der Waals surface area contributed by atoms with Gasteiger partial charge in [-0.2, -0.15) is 13.6 Å². The van der Waals surface area contributed by atoms with Crippen molar-refractivity contribution in [2.45, 2.75) is 31.3 Å². The smallest absolute Gasteiger partial charge is 0.390 e. The molecule has 5 atom stereocenters. The van der Waals surface area contributed by atoms with Crippen molar-refractivity contribution in [2.75, 3.05) is 36.9 Å². The number of aliphatic hydroxyl groups is 1. The Bertz CT molecular complexity index is 1280. The molecule has 0 saturated carbocycles. The zero-order chi connectivity index (χ0) is 30.8. The molecule has 2 heterocycles. The number of phosphoric acid groups is 3. The first kappa shape index (κ1) is 36.1. The Hall–Kier alpha value is -1.12.